The van der Waals surface area contributed by atoms with Crippen LogP contribution in [0.15, 0.2) is 54.6 Å². The predicted molar refractivity (Wildman–Crippen MR) is 92.2 cm³/mol. The van der Waals surface area contributed by atoms with Crippen molar-refractivity contribution in [2.45, 2.75) is 20.8 Å². The van der Waals surface area contributed by atoms with Crippen molar-refractivity contribution < 1.29 is 4.79 Å². The molecule has 3 rings (SSSR count). The van der Waals surface area contributed by atoms with Crippen LogP contribution in [0.1, 0.15) is 27.3 Å². The molecule has 1 amide bonds. The van der Waals surface area contributed by atoms with Gasteiger partial charge in [-0.1, -0.05) is 35.9 Å². The van der Waals surface area contributed by atoms with Crippen LogP contribution in [0, 0.1) is 20.8 Å². The van der Waals surface area contributed by atoms with E-state index in [-0.39, 0.29) is 5.91 Å². The lowest BCUT2D eigenvalue weighted by Gasteiger charge is -2.07. The Hall–Kier alpha value is -2.88. The van der Waals surface area contributed by atoms with Crippen molar-refractivity contribution in [2.75, 3.05) is 5.32 Å². The van der Waals surface area contributed by atoms with E-state index < -0.39 is 0 Å². The average Bonchev–Trinajstić information content (AvgIpc) is 2.84. The number of rotatable bonds is 3. The maximum atomic E-state index is 12.4. The average molecular weight is 305 g/mol. The van der Waals surface area contributed by atoms with E-state index in [1.165, 1.54) is 0 Å². The van der Waals surface area contributed by atoms with Gasteiger partial charge in [0.25, 0.3) is 5.91 Å². The van der Waals surface area contributed by atoms with Gasteiger partial charge < -0.3 is 5.32 Å². The van der Waals surface area contributed by atoms with Gasteiger partial charge in [0, 0.05) is 5.56 Å². The van der Waals surface area contributed by atoms with Crippen LogP contribution in [0.2, 0.25) is 0 Å². The Morgan fingerprint density at radius 2 is 1.61 bits per heavy atom. The molecule has 1 heterocycles. The van der Waals surface area contributed by atoms with E-state index >= 15 is 0 Å². The van der Waals surface area contributed by atoms with Crippen molar-refractivity contribution in [3.8, 4) is 5.69 Å². The van der Waals surface area contributed by atoms with Gasteiger partial charge in [0.2, 0.25) is 0 Å². The number of nitrogens with one attached hydrogen (secondary N) is 1. The normalized spacial score (nSPS) is 10.6. The lowest BCUT2D eigenvalue weighted by molar-refractivity contribution is 0.102. The molecule has 3 aromatic rings. The number of carbonyl (C=O) groups excluding carboxylic acids is 1. The molecule has 1 N–H and O–H groups in total. The van der Waals surface area contributed by atoms with Crippen LogP contribution in [0.5, 0.6) is 0 Å². The number of hydrogen-bond donors (Lipinski definition) is 1. The minimum Gasteiger partial charge on any atom is -0.319 e. The monoisotopic (exact) mass is 305 g/mol. The summed E-state index contributed by atoms with van der Waals surface area (Å²) in [5, 5.41) is 7.53. The molecule has 0 radical (unpaired) electrons. The Labute approximate surface area is 135 Å². The Balaban J connectivity index is 1.90. The van der Waals surface area contributed by atoms with Gasteiger partial charge in [-0.3, -0.25) is 4.79 Å². The molecule has 0 aliphatic carbocycles. The van der Waals surface area contributed by atoms with E-state index in [2.05, 4.69) is 10.4 Å². The van der Waals surface area contributed by atoms with Crippen molar-refractivity contribution in [1.82, 2.24) is 9.78 Å². The minimum absolute atomic E-state index is 0.121. The first-order chi connectivity index (χ1) is 11.1. The van der Waals surface area contributed by atoms with E-state index in [4.69, 9.17) is 0 Å². The molecule has 4 nitrogen and oxygen atoms in total. The zero-order valence-corrected chi connectivity index (χ0v) is 13.5. The van der Waals surface area contributed by atoms with E-state index in [1.54, 1.807) is 0 Å². The Morgan fingerprint density at radius 1 is 0.957 bits per heavy atom. The van der Waals surface area contributed by atoms with Gasteiger partial charge in [-0.15, -0.1) is 0 Å². The molecule has 4 heteroatoms. The van der Waals surface area contributed by atoms with Gasteiger partial charge in [0.15, 0.2) is 0 Å². The Bertz CT molecular complexity index is 833. The number of anilines is 1. The highest BCUT2D eigenvalue weighted by Gasteiger charge is 2.15. The summed E-state index contributed by atoms with van der Waals surface area (Å²) in [6.07, 6.45) is 0. The number of hydrogen-bond acceptors (Lipinski definition) is 2. The van der Waals surface area contributed by atoms with Gasteiger partial charge in [-0.2, -0.15) is 5.10 Å². The summed E-state index contributed by atoms with van der Waals surface area (Å²) in [6, 6.07) is 17.4. The van der Waals surface area contributed by atoms with Gasteiger partial charge in [0.05, 0.1) is 22.8 Å². The zero-order chi connectivity index (χ0) is 16.4. The molecule has 23 heavy (non-hydrogen) atoms. The van der Waals surface area contributed by atoms with Crippen LogP contribution in [-0.4, -0.2) is 15.7 Å². The molecule has 0 saturated carbocycles. The second-order valence-corrected chi connectivity index (χ2v) is 5.61. The highest BCUT2D eigenvalue weighted by atomic mass is 16.1. The van der Waals surface area contributed by atoms with Crippen molar-refractivity contribution in [1.29, 1.82) is 0 Å². The molecular weight excluding hydrogens is 286 g/mol. The Kier molecular flexibility index (Phi) is 3.98. The topological polar surface area (TPSA) is 46.9 Å². The molecule has 0 spiro atoms. The highest BCUT2D eigenvalue weighted by molar-refractivity contribution is 6.04. The van der Waals surface area contributed by atoms with E-state index in [0.29, 0.717) is 5.56 Å². The number of para-hydroxylation sites is 1. The van der Waals surface area contributed by atoms with Gasteiger partial charge in [-0.05, 0) is 45.0 Å². The van der Waals surface area contributed by atoms with E-state index in [0.717, 1.165) is 28.3 Å². The number of aryl methyl sites for hydroxylation is 2. The summed E-state index contributed by atoms with van der Waals surface area (Å²) in [7, 11) is 0. The maximum absolute atomic E-state index is 12.4. The van der Waals surface area contributed by atoms with Gasteiger partial charge in [0.1, 0.15) is 0 Å². The number of nitrogens with zero attached hydrogens (tertiary/aromatic N) is 2. The first-order valence-electron chi connectivity index (χ1n) is 7.56. The van der Waals surface area contributed by atoms with E-state index in [9.17, 15) is 4.79 Å². The second-order valence-electron chi connectivity index (χ2n) is 5.61. The first-order valence-corrected chi connectivity index (χ1v) is 7.56. The van der Waals surface area contributed by atoms with Crippen molar-refractivity contribution in [2.24, 2.45) is 0 Å². The molecule has 0 aliphatic rings. The quantitative estimate of drug-likeness (QED) is 0.793. The lowest BCUT2D eigenvalue weighted by atomic mass is 10.1. The molecule has 0 bridgehead atoms. The van der Waals surface area contributed by atoms with Gasteiger partial charge in [-0.25, -0.2) is 4.68 Å². The molecule has 2 aromatic carbocycles. The standard InChI is InChI=1S/C19H19N3O/c1-13-9-11-16(12-10-13)19(23)20-18-14(2)21-22(15(18)3)17-7-5-4-6-8-17/h4-12H,1-3H3,(H,20,23). The van der Waals surface area contributed by atoms with Crippen LogP contribution in [0.4, 0.5) is 5.69 Å². The summed E-state index contributed by atoms with van der Waals surface area (Å²) < 4.78 is 1.85. The molecule has 0 fully saturated rings. The van der Waals surface area contributed by atoms with Gasteiger partial charge >= 0.3 is 0 Å². The number of benzene rings is 2. The van der Waals surface area contributed by atoms with E-state index in [1.807, 2.05) is 80.1 Å². The van der Waals surface area contributed by atoms with Crippen molar-refractivity contribution >= 4 is 11.6 Å². The fourth-order valence-electron chi connectivity index (χ4n) is 2.53. The molecular formula is C19H19N3O. The molecule has 116 valence electrons. The predicted octanol–water partition coefficient (Wildman–Crippen LogP) is 4.05. The fourth-order valence-corrected chi connectivity index (χ4v) is 2.53. The third-order valence-corrected chi connectivity index (χ3v) is 3.84. The summed E-state index contributed by atoms with van der Waals surface area (Å²) >= 11 is 0. The van der Waals surface area contributed by atoms with Crippen LogP contribution in [0.3, 0.4) is 0 Å². The smallest absolute Gasteiger partial charge is 0.255 e. The molecule has 0 aliphatic heterocycles. The summed E-state index contributed by atoms with van der Waals surface area (Å²) in [5.41, 5.74) is 5.22. The molecule has 0 saturated heterocycles. The maximum Gasteiger partial charge on any atom is 0.255 e. The number of amides is 1. The summed E-state index contributed by atoms with van der Waals surface area (Å²) in [5.74, 6) is -0.121. The number of aromatic nitrogens is 2. The van der Waals surface area contributed by atoms with Crippen LogP contribution < -0.4 is 5.32 Å². The molecule has 1 aromatic heterocycles. The van der Waals surface area contributed by atoms with Crippen molar-refractivity contribution in [3.63, 3.8) is 0 Å². The SMILES string of the molecule is Cc1ccc(C(=O)Nc2c(C)nn(-c3ccccc3)c2C)cc1. The number of carbonyl (C=O) groups is 1. The summed E-state index contributed by atoms with van der Waals surface area (Å²) in [4.78, 5) is 12.4. The fraction of sp³-hybridized carbons (Fsp3) is 0.158. The van der Waals surface area contributed by atoms with Crippen LogP contribution in [0.25, 0.3) is 5.69 Å². The highest BCUT2D eigenvalue weighted by Crippen LogP contribution is 2.23. The molecule has 0 atom stereocenters. The third-order valence-electron chi connectivity index (χ3n) is 3.84. The first kappa shape index (κ1) is 15.0. The Morgan fingerprint density at radius 3 is 2.26 bits per heavy atom. The second kappa shape index (κ2) is 6.08. The van der Waals surface area contributed by atoms with Crippen LogP contribution in [-0.2, 0) is 0 Å². The van der Waals surface area contributed by atoms with Crippen molar-refractivity contribution in [3.05, 3.63) is 77.1 Å². The lowest BCUT2D eigenvalue weighted by Crippen LogP contribution is -2.13. The molecule has 0 unspecified atom stereocenters. The minimum atomic E-state index is -0.121. The third kappa shape index (κ3) is 3.01. The summed E-state index contributed by atoms with van der Waals surface area (Å²) in [6.45, 7) is 5.86. The van der Waals surface area contributed by atoms with Crippen LogP contribution >= 0.6 is 0 Å². The largest absolute Gasteiger partial charge is 0.319 e. The zero-order valence-electron chi connectivity index (χ0n) is 13.5.